The molecule has 0 radical (unpaired) electrons. The lowest BCUT2D eigenvalue weighted by Gasteiger charge is -2.20. The number of H-pyrrole nitrogens is 1. The monoisotopic (exact) mass is 592 g/mol. The number of methoxy groups -OCH3 is 1. The maximum Gasteiger partial charge on any atom is 0.407 e. The van der Waals surface area contributed by atoms with Crippen molar-refractivity contribution >= 4 is 63.2 Å². The van der Waals surface area contributed by atoms with E-state index >= 15 is 0 Å². The molecule has 1 aromatic rings. The third kappa shape index (κ3) is 8.51. The Labute approximate surface area is 179 Å². The van der Waals surface area contributed by atoms with Crippen LogP contribution in [0.25, 0.3) is 0 Å². The summed E-state index contributed by atoms with van der Waals surface area (Å²) in [6, 6.07) is -0.848. The lowest BCUT2D eigenvalue weighted by molar-refractivity contribution is -0.145. The van der Waals surface area contributed by atoms with Crippen LogP contribution in [0.5, 0.6) is 0 Å². The molecule has 146 valence electrons. The highest BCUT2D eigenvalue weighted by atomic mass is 127. The first-order valence-electron chi connectivity index (χ1n) is 7.75. The zero-order chi connectivity index (χ0) is 19.9. The zero-order valence-corrected chi connectivity index (χ0v) is 19.3. The van der Waals surface area contributed by atoms with E-state index in [-0.39, 0.29) is 25.3 Å². The molecule has 26 heavy (non-hydrogen) atoms. The van der Waals surface area contributed by atoms with Gasteiger partial charge in [0.2, 0.25) is 5.91 Å². The summed E-state index contributed by atoms with van der Waals surface area (Å²) in [6.45, 7) is 5.34. The van der Waals surface area contributed by atoms with Gasteiger partial charge in [0.15, 0.2) is 3.83 Å². The Balaban J connectivity index is 2.54. The van der Waals surface area contributed by atoms with Crippen LogP contribution in [0.3, 0.4) is 0 Å². The third-order valence-electron chi connectivity index (χ3n) is 2.95. The molecule has 0 saturated heterocycles. The molecule has 1 heterocycles. The molecular formula is C15H22I2N4O5. The minimum atomic E-state index is -0.848. The quantitative estimate of drug-likeness (QED) is 0.328. The molecule has 1 aromatic heterocycles. The first-order valence-corrected chi connectivity index (χ1v) is 9.91. The number of aromatic nitrogens is 2. The molecule has 11 heteroatoms. The second-order valence-electron chi connectivity index (χ2n) is 6.32. The predicted molar refractivity (Wildman–Crippen MR) is 111 cm³/mol. The molecule has 0 aliphatic heterocycles. The number of imidazole rings is 1. The van der Waals surface area contributed by atoms with Gasteiger partial charge in [-0.1, -0.05) is 0 Å². The number of amides is 2. The van der Waals surface area contributed by atoms with Crippen molar-refractivity contribution in [2.24, 2.45) is 0 Å². The van der Waals surface area contributed by atoms with Gasteiger partial charge in [-0.3, -0.25) is 4.79 Å². The van der Waals surface area contributed by atoms with E-state index in [4.69, 9.17) is 9.47 Å². The number of aromatic amines is 1. The van der Waals surface area contributed by atoms with Crippen molar-refractivity contribution in [3.63, 3.8) is 0 Å². The maximum atomic E-state index is 12.1. The standard InChI is InChI=1S/C15H22I2N4O5/c1-15(2,3)26-14(24)18-6-5-10(22)19-9(12(23)25-4)7-8-11(16)21-13(17)20-8/h9H,5-7H2,1-4H3,(H,18,24)(H,19,22)(H,20,21)/t9-/m0/s1. The van der Waals surface area contributed by atoms with E-state index in [1.165, 1.54) is 7.11 Å². The van der Waals surface area contributed by atoms with Crippen LogP contribution >= 0.6 is 45.2 Å². The van der Waals surface area contributed by atoms with Gasteiger partial charge in [0.25, 0.3) is 0 Å². The summed E-state index contributed by atoms with van der Waals surface area (Å²) in [6.07, 6.45) is -0.368. The molecule has 0 aromatic carbocycles. The van der Waals surface area contributed by atoms with Crippen LogP contribution in [0.4, 0.5) is 4.79 Å². The van der Waals surface area contributed by atoms with Crippen molar-refractivity contribution in [2.75, 3.05) is 13.7 Å². The summed E-state index contributed by atoms with van der Waals surface area (Å²) in [7, 11) is 1.26. The summed E-state index contributed by atoms with van der Waals surface area (Å²) in [5.41, 5.74) is 0.124. The van der Waals surface area contributed by atoms with Crippen LogP contribution in [0.15, 0.2) is 0 Å². The van der Waals surface area contributed by atoms with Crippen LogP contribution in [0.2, 0.25) is 0 Å². The number of halogens is 2. The molecule has 0 bridgehead atoms. The van der Waals surface area contributed by atoms with E-state index in [9.17, 15) is 14.4 Å². The van der Waals surface area contributed by atoms with Gasteiger partial charge in [-0.25, -0.2) is 14.6 Å². The average molecular weight is 592 g/mol. The van der Waals surface area contributed by atoms with Gasteiger partial charge < -0.3 is 25.1 Å². The largest absolute Gasteiger partial charge is 0.467 e. The fourth-order valence-electron chi connectivity index (χ4n) is 1.89. The molecule has 0 aliphatic rings. The molecule has 3 N–H and O–H groups in total. The second kappa shape index (κ2) is 10.3. The highest BCUT2D eigenvalue weighted by Gasteiger charge is 2.24. The third-order valence-corrected chi connectivity index (χ3v) is 4.35. The number of ether oxygens (including phenoxy) is 2. The number of esters is 1. The number of alkyl carbamates (subject to hydrolysis) is 1. The highest BCUT2D eigenvalue weighted by Crippen LogP contribution is 2.13. The van der Waals surface area contributed by atoms with Gasteiger partial charge >= 0.3 is 12.1 Å². The Kier molecular flexibility index (Phi) is 9.06. The molecule has 1 atom stereocenters. The van der Waals surface area contributed by atoms with E-state index in [1.807, 2.05) is 22.6 Å². The first-order chi connectivity index (χ1) is 12.0. The minimum Gasteiger partial charge on any atom is -0.467 e. The molecular weight excluding hydrogens is 570 g/mol. The Hall–Kier alpha value is -1.12. The minimum absolute atomic E-state index is 0.00431. The lowest BCUT2D eigenvalue weighted by Crippen LogP contribution is -2.44. The number of hydrogen-bond donors (Lipinski definition) is 3. The Morgan fingerprint density at radius 2 is 1.92 bits per heavy atom. The Morgan fingerprint density at radius 1 is 1.27 bits per heavy atom. The Morgan fingerprint density at radius 3 is 2.42 bits per heavy atom. The number of nitrogens with one attached hydrogen (secondary N) is 3. The number of nitrogens with zero attached hydrogens (tertiary/aromatic N) is 1. The van der Waals surface area contributed by atoms with Crippen molar-refractivity contribution in [3.8, 4) is 0 Å². The van der Waals surface area contributed by atoms with E-state index in [1.54, 1.807) is 20.8 Å². The summed E-state index contributed by atoms with van der Waals surface area (Å²) in [5, 5.41) is 5.11. The van der Waals surface area contributed by atoms with Crippen LogP contribution in [0.1, 0.15) is 32.9 Å². The van der Waals surface area contributed by atoms with Crippen LogP contribution in [-0.2, 0) is 25.5 Å². The van der Waals surface area contributed by atoms with Crippen LogP contribution < -0.4 is 10.6 Å². The first kappa shape index (κ1) is 22.9. The van der Waals surface area contributed by atoms with Gasteiger partial charge in [0.05, 0.1) is 12.8 Å². The molecule has 0 spiro atoms. The molecule has 2 amide bonds. The lowest BCUT2D eigenvalue weighted by atomic mass is 10.1. The molecule has 9 nitrogen and oxygen atoms in total. The van der Waals surface area contributed by atoms with Crippen molar-refractivity contribution in [1.82, 2.24) is 20.6 Å². The van der Waals surface area contributed by atoms with Crippen LogP contribution in [-0.4, -0.2) is 53.2 Å². The topological polar surface area (TPSA) is 122 Å². The number of hydrogen-bond acceptors (Lipinski definition) is 6. The summed E-state index contributed by atoms with van der Waals surface area (Å²) >= 11 is 4.08. The highest BCUT2D eigenvalue weighted by molar-refractivity contribution is 14.1. The van der Waals surface area contributed by atoms with Gasteiger partial charge in [0, 0.05) is 19.4 Å². The Bertz CT molecular complexity index is 657. The van der Waals surface area contributed by atoms with Crippen molar-refractivity contribution < 1.29 is 23.9 Å². The zero-order valence-electron chi connectivity index (χ0n) is 14.9. The number of carbonyl (C=O) groups is 3. The molecule has 1 rings (SSSR count). The number of rotatable bonds is 7. The second-order valence-corrected chi connectivity index (χ2v) is 8.37. The fourth-order valence-corrected chi connectivity index (χ4v) is 3.52. The van der Waals surface area contributed by atoms with Gasteiger partial charge in [-0.2, -0.15) is 0 Å². The van der Waals surface area contributed by atoms with E-state index in [0.29, 0.717) is 3.83 Å². The summed E-state index contributed by atoms with van der Waals surface area (Å²) in [5.74, 6) is -0.945. The van der Waals surface area contributed by atoms with E-state index in [2.05, 4.69) is 43.2 Å². The van der Waals surface area contributed by atoms with Crippen molar-refractivity contribution in [2.45, 2.75) is 45.3 Å². The molecule has 0 saturated carbocycles. The van der Waals surface area contributed by atoms with E-state index < -0.39 is 23.7 Å². The molecule has 0 unspecified atom stereocenters. The summed E-state index contributed by atoms with van der Waals surface area (Å²) < 4.78 is 11.2. The van der Waals surface area contributed by atoms with E-state index in [0.717, 1.165) is 9.39 Å². The van der Waals surface area contributed by atoms with Crippen molar-refractivity contribution in [3.05, 3.63) is 13.2 Å². The van der Waals surface area contributed by atoms with Gasteiger partial charge in [-0.05, 0) is 66.0 Å². The average Bonchev–Trinajstić information content (AvgIpc) is 2.81. The maximum absolute atomic E-state index is 12.1. The van der Waals surface area contributed by atoms with Crippen molar-refractivity contribution in [1.29, 1.82) is 0 Å². The molecule has 0 fully saturated rings. The van der Waals surface area contributed by atoms with Gasteiger partial charge in [-0.15, -0.1) is 0 Å². The summed E-state index contributed by atoms with van der Waals surface area (Å²) in [4.78, 5) is 42.8. The van der Waals surface area contributed by atoms with Crippen LogP contribution in [0, 0.1) is 7.53 Å². The smallest absolute Gasteiger partial charge is 0.407 e. The SMILES string of the molecule is COC(=O)[C@H](Cc1[nH]c(I)nc1I)NC(=O)CCNC(=O)OC(C)(C)C. The van der Waals surface area contributed by atoms with Gasteiger partial charge in [0.1, 0.15) is 15.3 Å². The fraction of sp³-hybridized carbons (Fsp3) is 0.600. The molecule has 0 aliphatic carbocycles. The normalized spacial score (nSPS) is 12.2. The number of carbonyl (C=O) groups excluding carboxylic acids is 3. The predicted octanol–water partition coefficient (Wildman–Crippen LogP) is 1.73.